The lowest BCUT2D eigenvalue weighted by molar-refractivity contribution is -0.151. The third-order valence-corrected chi connectivity index (χ3v) is 5.76. The van der Waals surface area contributed by atoms with Crippen molar-refractivity contribution in [2.75, 3.05) is 13.7 Å². The maximum atomic E-state index is 12.9. The van der Waals surface area contributed by atoms with E-state index >= 15 is 0 Å². The van der Waals surface area contributed by atoms with Crippen LogP contribution in [-0.4, -0.2) is 58.6 Å². The van der Waals surface area contributed by atoms with Crippen LogP contribution in [0, 0.1) is 0 Å². The maximum Gasteiger partial charge on any atom is 0.332 e. The average molecular weight is 432 g/mol. The highest BCUT2D eigenvalue weighted by Crippen LogP contribution is 2.32. The number of esters is 1. The van der Waals surface area contributed by atoms with Gasteiger partial charge in [-0.2, -0.15) is 0 Å². The fraction of sp³-hybridized carbons (Fsp3) is 0.208. The van der Waals surface area contributed by atoms with Crippen molar-refractivity contribution in [1.82, 2.24) is 9.80 Å². The van der Waals surface area contributed by atoms with Gasteiger partial charge in [0, 0.05) is 6.54 Å². The molecule has 0 aliphatic carbocycles. The van der Waals surface area contributed by atoms with E-state index in [2.05, 4.69) is 0 Å². The number of carbonyl (C=O) groups excluding carboxylic acids is 5. The first-order chi connectivity index (χ1) is 15.3. The van der Waals surface area contributed by atoms with Crippen LogP contribution in [0.1, 0.15) is 54.8 Å². The Balaban J connectivity index is 1.54. The molecule has 2 aliphatic heterocycles. The summed E-state index contributed by atoms with van der Waals surface area (Å²) in [4.78, 5) is 65.4. The molecule has 1 unspecified atom stereocenters. The third-order valence-electron chi connectivity index (χ3n) is 5.76. The van der Waals surface area contributed by atoms with Crippen LogP contribution >= 0.6 is 0 Å². The summed E-state index contributed by atoms with van der Waals surface area (Å²) < 4.78 is 4.89. The molecule has 0 fully saturated rings. The van der Waals surface area contributed by atoms with Crippen LogP contribution in [0.5, 0.6) is 0 Å². The summed E-state index contributed by atoms with van der Waals surface area (Å²) in [5, 5.41) is 0. The molecule has 0 saturated carbocycles. The number of fused-ring (bicyclic) bond motifs is 2. The predicted octanol–water partition coefficient (Wildman–Crippen LogP) is 2.46. The quantitative estimate of drug-likeness (QED) is 0.395. The molecule has 162 valence electrons. The molecule has 0 N–H and O–H groups in total. The van der Waals surface area contributed by atoms with E-state index in [0.717, 1.165) is 9.80 Å². The number of benzene rings is 2. The first kappa shape index (κ1) is 21.2. The van der Waals surface area contributed by atoms with Crippen LogP contribution in [0.4, 0.5) is 0 Å². The number of imide groups is 2. The molecule has 32 heavy (non-hydrogen) atoms. The molecule has 8 heteroatoms. The van der Waals surface area contributed by atoms with Gasteiger partial charge in [0.1, 0.15) is 5.54 Å². The molecule has 2 heterocycles. The molecule has 0 bridgehead atoms. The van der Waals surface area contributed by atoms with Crippen molar-refractivity contribution in [3.63, 3.8) is 0 Å². The first-order valence-corrected chi connectivity index (χ1v) is 9.98. The first-order valence-electron chi connectivity index (χ1n) is 9.98. The zero-order chi connectivity index (χ0) is 23.0. The van der Waals surface area contributed by atoms with Gasteiger partial charge in [-0.05, 0) is 37.6 Å². The highest BCUT2D eigenvalue weighted by Gasteiger charge is 2.50. The number of amides is 4. The van der Waals surface area contributed by atoms with Gasteiger partial charge >= 0.3 is 5.97 Å². The van der Waals surface area contributed by atoms with Crippen LogP contribution in [-0.2, 0) is 9.53 Å². The molecule has 0 saturated heterocycles. The van der Waals surface area contributed by atoms with Gasteiger partial charge in [-0.25, -0.2) is 4.79 Å². The minimum atomic E-state index is -1.60. The van der Waals surface area contributed by atoms with Crippen molar-refractivity contribution < 1.29 is 28.7 Å². The normalized spacial score (nSPS) is 17.1. The van der Waals surface area contributed by atoms with Crippen LogP contribution in [0.3, 0.4) is 0 Å². The van der Waals surface area contributed by atoms with E-state index < -0.39 is 35.1 Å². The van der Waals surface area contributed by atoms with Crippen LogP contribution in [0.2, 0.25) is 0 Å². The monoisotopic (exact) mass is 432 g/mol. The fourth-order valence-electron chi connectivity index (χ4n) is 4.02. The number of hydrogen-bond acceptors (Lipinski definition) is 6. The molecule has 4 rings (SSSR count). The van der Waals surface area contributed by atoms with Crippen molar-refractivity contribution >= 4 is 29.6 Å². The van der Waals surface area contributed by atoms with Gasteiger partial charge in [0.15, 0.2) is 0 Å². The lowest BCUT2D eigenvalue weighted by Gasteiger charge is -2.33. The summed E-state index contributed by atoms with van der Waals surface area (Å²) in [5.74, 6) is -2.70. The Kier molecular flexibility index (Phi) is 5.22. The lowest BCUT2D eigenvalue weighted by Crippen LogP contribution is -2.55. The number of carbonyl (C=O) groups is 5. The number of rotatable bonds is 6. The third kappa shape index (κ3) is 3.11. The second-order valence-corrected chi connectivity index (χ2v) is 7.70. The molecule has 4 amide bonds. The van der Waals surface area contributed by atoms with E-state index in [4.69, 9.17) is 4.74 Å². The molecule has 8 nitrogen and oxygen atoms in total. The number of ether oxygens (including phenoxy) is 1. The van der Waals surface area contributed by atoms with E-state index in [1.807, 2.05) is 0 Å². The van der Waals surface area contributed by atoms with E-state index in [0.29, 0.717) is 11.1 Å². The van der Waals surface area contributed by atoms with E-state index in [1.165, 1.54) is 26.2 Å². The summed E-state index contributed by atoms with van der Waals surface area (Å²) in [7, 11) is 1.18. The van der Waals surface area contributed by atoms with Crippen LogP contribution in [0.15, 0.2) is 60.7 Å². The van der Waals surface area contributed by atoms with Gasteiger partial charge in [-0.1, -0.05) is 36.4 Å². The molecule has 0 aromatic heterocycles. The molecular weight excluding hydrogens is 412 g/mol. The fourth-order valence-corrected chi connectivity index (χ4v) is 4.02. The molecule has 1 atom stereocenters. The smallest absolute Gasteiger partial charge is 0.332 e. The highest BCUT2D eigenvalue weighted by molar-refractivity contribution is 6.23. The second kappa shape index (κ2) is 7.88. The summed E-state index contributed by atoms with van der Waals surface area (Å²) in [5.41, 5.74) is -0.460. The van der Waals surface area contributed by atoms with Crippen LogP contribution < -0.4 is 0 Å². The second-order valence-electron chi connectivity index (χ2n) is 7.70. The highest BCUT2D eigenvalue weighted by atomic mass is 16.5. The maximum absolute atomic E-state index is 12.9. The Labute approximate surface area is 184 Å². The van der Waals surface area contributed by atoms with Gasteiger partial charge in [0.2, 0.25) is 0 Å². The Hall–Kier alpha value is -4.07. The van der Waals surface area contributed by atoms with Crippen molar-refractivity contribution in [2.24, 2.45) is 0 Å². The summed E-state index contributed by atoms with van der Waals surface area (Å²) in [6.07, 6.45) is 3.07. The van der Waals surface area contributed by atoms with Crippen molar-refractivity contribution in [1.29, 1.82) is 0 Å². The SMILES string of the molecule is COC(=O)C(C)(C/C=C/CN1C(=O)c2ccccc2C1=O)N1C(=O)c2ccccc2C1=O. The Morgan fingerprint density at radius 3 is 1.69 bits per heavy atom. The molecule has 2 aliphatic rings. The summed E-state index contributed by atoms with van der Waals surface area (Å²) in [6, 6.07) is 12.9. The number of hydrogen-bond donors (Lipinski definition) is 0. The average Bonchev–Trinajstić information content (AvgIpc) is 3.21. The summed E-state index contributed by atoms with van der Waals surface area (Å²) >= 11 is 0. The van der Waals surface area contributed by atoms with Crippen molar-refractivity contribution in [3.8, 4) is 0 Å². The number of nitrogens with zero attached hydrogens (tertiary/aromatic N) is 2. The van der Waals surface area contributed by atoms with E-state index in [9.17, 15) is 24.0 Å². The van der Waals surface area contributed by atoms with E-state index in [1.54, 1.807) is 48.6 Å². The lowest BCUT2D eigenvalue weighted by atomic mass is 9.95. The zero-order valence-electron chi connectivity index (χ0n) is 17.5. The van der Waals surface area contributed by atoms with Crippen molar-refractivity contribution in [3.05, 3.63) is 82.9 Å². The number of methoxy groups -OCH3 is 1. The van der Waals surface area contributed by atoms with Gasteiger partial charge in [-0.15, -0.1) is 0 Å². The van der Waals surface area contributed by atoms with Gasteiger partial charge < -0.3 is 4.74 Å². The molecule has 2 aromatic rings. The largest absolute Gasteiger partial charge is 0.467 e. The van der Waals surface area contributed by atoms with Crippen molar-refractivity contribution in [2.45, 2.75) is 18.9 Å². The Morgan fingerprint density at radius 2 is 1.25 bits per heavy atom. The van der Waals surface area contributed by atoms with Gasteiger partial charge in [0.25, 0.3) is 23.6 Å². The van der Waals surface area contributed by atoms with Crippen LogP contribution in [0.25, 0.3) is 0 Å². The topological polar surface area (TPSA) is 101 Å². The van der Waals surface area contributed by atoms with Gasteiger partial charge in [-0.3, -0.25) is 29.0 Å². The van der Waals surface area contributed by atoms with Gasteiger partial charge in [0.05, 0.1) is 29.4 Å². The molecule has 0 spiro atoms. The minimum absolute atomic E-state index is 0.00822. The standard InChI is InChI=1S/C24H20N2O6/c1-24(23(31)32-2,26-21(29)17-11-5-6-12-18(17)22(26)30)13-7-8-14-25-19(27)15-9-3-4-10-16(15)20(25)28/h3-12H,13-14H2,1-2H3/b8-7+. The predicted molar refractivity (Wildman–Crippen MR) is 113 cm³/mol. The Morgan fingerprint density at radius 1 is 0.812 bits per heavy atom. The zero-order valence-corrected chi connectivity index (χ0v) is 17.5. The minimum Gasteiger partial charge on any atom is -0.467 e. The molecular formula is C24H20N2O6. The molecule has 0 radical (unpaired) electrons. The van der Waals surface area contributed by atoms with E-state index in [-0.39, 0.29) is 24.1 Å². The molecule has 2 aromatic carbocycles. The Bertz CT molecular complexity index is 1130. The summed E-state index contributed by atoms with van der Waals surface area (Å²) in [6.45, 7) is 1.44.